The summed E-state index contributed by atoms with van der Waals surface area (Å²) in [5.41, 5.74) is 5.57. The minimum Gasteiger partial charge on any atom is -0.468 e. The summed E-state index contributed by atoms with van der Waals surface area (Å²) in [5.74, 6) is -3.64. The van der Waals surface area contributed by atoms with Gasteiger partial charge in [0, 0.05) is 12.1 Å². The van der Waals surface area contributed by atoms with E-state index < -0.39 is 45.5 Å². The Hall–Kier alpha value is -2.16. The van der Waals surface area contributed by atoms with Crippen molar-refractivity contribution in [2.45, 2.75) is 6.42 Å². The van der Waals surface area contributed by atoms with Gasteiger partial charge in [-0.05, 0) is 18.2 Å². The van der Waals surface area contributed by atoms with E-state index in [2.05, 4.69) is 10.1 Å². The van der Waals surface area contributed by atoms with Gasteiger partial charge in [0.15, 0.2) is 9.84 Å². The monoisotopic (exact) mass is 318 g/mol. The first-order valence-electron chi connectivity index (χ1n) is 5.85. The van der Waals surface area contributed by atoms with Gasteiger partial charge in [0.05, 0.1) is 18.6 Å². The van der Waals surface area contributed by atoms with Crippen LogP contribution in [0.1, 0.15) is 6.42 Å². The molecule has 9 heteroatoms. The van der Waals surface area contributed by atoms with Crippen molar-refractivity contribution in [3.05, 3.63) is 24.0 Å². The topological polar surface area (TPSA) is 116 Å². The number of anilines is 2. The number of hydrogen-bond acceptors (Lipinski definition) is 6. The van der Waals surface area contributed by atoms with E-state index in [1.165, 1.54) is 12.1 Å². The molecule has 0 spiro atoms. The molecule has 0 radical (unpaired) electrons. The summed E-state index contributed by atoms with van der Waals surface area (Å²) in [7, 11) is -2.69. The van der Waals surface area contributed by atoms with Crippen LogP contribution in [0.5, 0.6) is 0 Å². The lowest BCUT2D eigenvalue weighted by atomic mass is 10.2. The molecule has 0 aliphatic carbocycles. The highest BCUT2D eigenvalue weighted by molar-refractivity contribution is 7.92. The van der Waals surface area contributed by atoms with Gasteiger partial charge in [-0.15, -0.1) is 0 Å². The molecular weight excluding hydrogens is 303 g/mol. The fourth-order valence-electron chi connectivity index (χ4n) is 1.41. The highest BCUT2D eigenvalue weighted by Crippen LogP contribution is 2.17. The zero-order chi connectivity index (χ0) is 16.0. The first-order chi connectivity index (χ1) is 9.73. The Balaban J connectivity index is 2.58. The molecule has 0 heterocycles. The maximum Gasteiger partial charge on any atom is 0.320 e. The molecule has 3 N–H and O–H groups in total. The Morgan fingerprint density at radius 1 is 1.38 bits per heavy atom. The number of nitrogen functional groups attached to an aromatic ring is 1. The number of nitrogens with one attached hydrogen (secondary N) is 1. The van der Waals surface area contributed by atoms with Gasteiger partial charge < -0.3 is 15.8 Å². The standard InChI is InChI=1S/C12H15FN2O5S/c1-20-12(17)7-21(18,19)5-4-11(16)15-10-6-8(14)2-3-9(10)13/h2-3,6H,4-5,7,14H2,1H3,(H,15,16). The van der Waals surface area contributed by atoms with Gasteiger partial charge in [0.2, 0.25) is 5.91 Å². The molecule has 0 bridgehead atoms. The summed E-state index contributed by atoms with van der Waals surface area (Å²) in [4.78, 5) is 22.5. The lowest BCUT2D eigenvalue weighted by Crippen LogP contribution is -2.23. The Morgan fingerprint density at radius 3 is 2.67 bits per heavy atom. The molecule has 1 aromatic carbocycles. The molecule has 1 amide bonds. The number of benzene rings is 1. The SMILES string of the molecule is COC(=O)CS(=O)(=O)CCC(=O)Nc1cc(N)ccc1F. The molecular formula is C12H15FN2O5S. The van der Waals surface area contributed by atoms with Crippen LogP contribution in [-0.2, 0) is 24.2 Å². The molecule has 21 heavy (non-hydrogen) atoms. The Bertz CT molecular complexity index is 645. The lowest BCUT2D eigenvalue weighted by molar-refractivity contribution is -0.137. The predicted octanol–water partition coefficient (Wildman–Crippen LogP) is 0.324. The van der Waals surface area contributed by atoms with E-state index in [1.54, 1.807) is 0 Å². The van der Waals surface area contributed by atoms with Crippen LogP contribution in [0.4, 0.5) is 15.8 Å². The number of rotatable bonds is 6. The molecule has 0 atom stereocenters. The molecule has 7 nitrogen and oxygen atoms in total. The van der Waals surface area contributed by atoms with Gasteiger partial charge in [-0.25, -0.2) is 12.8 Å². The first kappa shape index (κ1) is 16.9. The number of hydrogen-bond donors (Lipinski definition) is 2. The molecule has 0 fully saturated rings. The maximum absolute atomic E-state index is 13.4. The van der Waals surface area contributed by atoms with Crippen molar-refractivity contribution in [2.75, 3.05) is 29.7 Å². The molecule has 0 aliphatic rings. The Kier molecular flexibility index (Phi) is 5.65. The maximum atomic E-state index is 13.4. The summed E-state index contributed by atoms with van der Waals surface area (Å²) >= 11 is 0. The van der Waals surface area contributed by atoms with Crippen LogP contribution >= 0.6 is 0 Å². The van der Waals surface area contributed by atoms with E-state index in [-0.39, 0.29) is 11.4 Å². The minimum atomic E-state index is -3.75. The van der Waals surface area contributed by atoms with E-state index in [0.717, 1.165) is 13.2 Å². The average molecular weight is 318 g/mol. The van der Waals surface area contributed by atoms with Crippen molar-refractivity contribution in [3.8, 4) is 0 Å². The van der Waals surface area contributed by atoms with Gasteiger partial charge in [0.1, 0.15) is 11.6 Å². The summed E-state index contributed by atoms with van der Waals surface area (Å²) in [5, 5.41) is 2.22. The van der Waals surface area contributed by atoms with Crippen LogP contribution in [-0.4, -0.2) is 38.9 Å². The zero-order valence-electron chi connectivity index (χ0n) is 11.3. The van der Waals surface area contributed by atoms with Crippen molar-refractivity contribution in [3.63, 3.8) is 0 Å². The van der Waals surface area contributed by atoms with Crippen LogP contribution in [0.15, 0.2) is 18.2 Å². The van der Waals surface area contributed by atoms with Crippen molar-refractivity contribution in [1.29, 1.82) is 0 Å². The lowest BCUT2D eigenvalue weighted by Gasteiger charge is -2.07. The minimum absolute atomic E-state index is 0.134. The molecule has 1 rings (SSSR count). The average Bonchev–Trinajstić information content (AvgIpc) is 2.40. The molecule has 1 aromatic rings. The molecule has 0 aromatic heterocycles. The number of ether oxygens (including phenoxy) is 1. The van der Waals surface area contributed by atoms with E-state index in [0.29, 0.717) is 0 Å². The molecule has 0 saturated heterocycles. The Morgan fingerprint density at radius 2 is 2.05 bits per heavy atom. The van der Waals surface area contributed by atoms with Crippen molar-refractivity contribution in [2.24, 2.45) is 0 Å². The van der Waals surface area contributed by atoms with Crippen LogP contribution in [0.3, 0.4) is 0 Å². The van der Waals surface area contributed by atoms with Crippen LogP contribution in [0.25, 0.3) is 0 Å². The number of amides is 1. The van der Waals surface area contributed by atoms with Gasteiger partial charge >= 0.3 is 5.97 Å². The third-order valence-electron chi connectivity index (χ3n) is 2.47. The number of sulfone groups is 1. The van der Waals surface area contributed by atoms with E-state index in [1.807, 2.05) is 0 Å². The number of carbonyl (C=O) groups is 2. The number of methoxy groups -OCH3 is 1. The molecule has 116 valence electrons. The summed E-state index contributed by atoms with van der Waals surface area (Å²) < 4.78 is 40.6. The second kappa shape index (κ2) is 7.02. The van der Waals surface area contributed by atoms with E-state index in [4.69, 9.17) is 5.73 Å². The Labute approximate surface area is 121 Å². The highest BCUT2D eigenvalue weighted by Gasteiger charge is 2.19. The second-order valence-electron chi connectivity index (χ2n) is 4.21. The molecule has 0 unspecified atom stereocenters. The fraction of sp³-hybridized carbons (Fsp3) is 0.333. The van der Waals surface area contributed by atoms with E-state index in [9.17, 15) is 22.4 Å². The quantitative estimate of drug-likeness (QED) is 0.576. The third kappa shape index (κ3) is 5.78. The first-order valence-corrected chi connectivity index (χ1v) is 7.68. The van der Waals surface area contributed by atoms with Gasteiger partial charge in [-0.2, -0.15) is 0 Å². The summed E-state index contributed by atoms with van der Waals surface area (Å²) in [6.45, 7) is 0. The highest BCUT2D eigenvalue weighted by atomic mass is 32.2. The van der Waals surface area contributed by atoms with Crippen LogP contribution in [0, 0.1) is 5.82 Å². The molecule has 0 aliphatic heterocycles. The number of nitrogens with two attached hydrogens (primary N) is 1. The summed E-state index contributed by atoms with van der Waals surface area (Å²) in [6, 6.07) is 3.63. The molecule has 0 saturated carbocycles. The normalized spacial score (nSPS) is 11.0. The fourth-order valence-corrected chi connectivity index (χ4v) is 2.53. The number of carbonyl (C=O) groups excluding carboxylic acids is 2. The van der Waals surface area contributed by atoms with Crippen molar-refractivity contribution in [1.82, 2.24) is 0 Å². The smallest absolute Gasteiger partial charge is 0.320 e. The predicted molar refractivity (Wildman–Crippen MR) is 74.7 cm³/mol. The zero-order valence-corrected chi connectivity index (χ0v) is 12.1. The summed E-state index contributed by atoms with van der Waals surface area (Å²) in [6.07, 6.45) is -0.409. The van der Waals surface area contributed by atoms with Crippen LogP contribution in [0.2, 0.25) is 0 Å². The second-order valence-corrected chi connectivity index (χ2v) is 6.39. The van der Waals surface area contributed by atoms with Crippen LogP contribution < -0.4 is 11.1 Å². The van der Waals surface area contributed by atoms with Gasteiger partial charge in [0.25, 0.3) is 0 Å². The largest absolute Gasteiger partial charge is 0.468 e. The van der Waals surface area contributed by atoms with Gasteiger partial charge in [-0.1, -0.05) is 0 Å². The number of halogens is 1. The van der Waals surface area contributed by atoms with E-state index >= 15 is 0 Å². The third-order valence-corrected chi connectivity index (χ3v) is 3.97. The van der Waals surface area contributed by atoms with Crippen molar-refractivity contribution >= 4 is 33.1 Å². The van der Waals surface area contributed by atoms with Crippen molar-refractivity contribution < 1.29 is 27.1 Å². The number of esters is 1. The van der Waals surface area contributed by atoms with Gasteiger partial charge in [-0.3, -0.25) is 9.59 Å².